The van der Waals surface area contributed by atoms with Gasteiger partial charge in [-0.1, -0.05) is 11.6 Å². The highest BCUT2D eigenvalue weighted by molar-refractivity contribution is 5.85. The van der Waals surface area contributed by atoms with E-state index < -0.39 is 0 Å². The predicted molar refractivity (Wildman–Crippen MR) is 90.0 cm³/mol. The van der Waals surface area contributed by atoms with E-state index in [2.05, 4.69) is 53.9 Å². The third-order valence-corrected chi connectivity index (χ3v) is 4.81. The second kappa shape index (κ2) is 6.20. The molecule has 1 aliphatic rings. The fourth-order valence-corrected chi connectivity index (χ4v) is 3.30. The van der Waals surface area contributed by atoms with Gasteiger partial charge in [-0.05, 0) is 58.0 Å². The van der Waals surface area contributed by atoms with Crippen LogP contribution in [0.15, 0.2) is 18.2 Å². The zero-order valence-corrected chi connectivity index (χ0v) is 13.6. The van der Waals surface area contributed by atoms with Crippen LogP contribution in [-0.2, 0) is 6.42 Å². The molecular weight excluding hydrogens is 258 g/mol. The van der Waals surface area contributed by atoms with Crippen LogP contribution in [0.25, 0.3) is 10.9 Å². The van der Waals surface area contributed by atoms with Crippen molar-refractivity contribution in [1.29, 1.82) is 0 Å². The zero-order valence-electron chi connectivity index (χ0n) is 13.6. The molecule has 1 fully saturated rings. The van der Waals surface area contributed by atoms with Gasteiger partial charge in [-0.2, -0.15) is 0 Å². The fraction of sp³-hybridized carbons (Fsp3) is 0.556. The smallest absolute Gasteiger partial charge is 0.0459 e. The summed E-state index contributed by atoms with van der Waals surface area (Å²) in [6.45, 7) is 10.5. The van der Waals surface area contributed by atoms with E-state index in [1.807, 2.05) is 0 Å². The summed E-state index contributed by atoms with van der Waals surface area (Å²) < 4.78 is 0. The second-order valence-electron chi connectivity index (χ2n) is 6.53. The molecule has 1 aliphatic heterocycles. The lowest BCUT2D eigenvalue weighted by atomic mass is 10.1. The first-order chi connectivity index (χ1) is 10.1. The summed E-state index contributed by atoms with van der Waals surface area (Å²) in [5.74, 6) is 0. The fourth-order valence-electron chi connectivity index (χ4n) is 3.30. The van der Waals surface area contributed by atoms with Crippen molar-refractivity contribution in [3.63, 3.8) is 0 Å². The lowest BCUT2D eigenvalue weighted by Gasteiger charge is -2.32. The normalized spacial score (nSPS) is 17.7. The van der Waals surface area contributed by atoms with Crippen LogP contribution in [0.3, 0.4) is 0 Å². The summed E-state index contributed by atoms with van der Waals surface area (Å²) >= 11 is 0. The highest BCUT2D eigenvalue weighted by Crippen LogP contribution is 2.23. The van der Waals surface area contributed by atoms with E-state index in [1.165, 1.54) is 66.9 Å². The predicted octanol–water partition coefficient (Wildman–Crippen LogP) is 2.96. The first kappa shape index (κ1) is 14.6. The first-order valence-corrected chi connectivity index (χ1v) is 8.12. The molecule has 3 nitrogen and oxygen atoms in total. The number of aryl methyl sites for hydroxylation is 3. The molecule has 0 spiro atoms. The maximum atomic E-state index is 3.61. The number of aromatic nitrogens is 1. The maximum Gasteiger partial charge on any atom is 0.0459 e. The van der Waals surface area contributed by atoms with E-state index in [0.29, 0.717) is 0 Å². The third kappa shape index (κ3) is 3.30. The highest BCUT2D eigenvalue weighted by atomic mass is 15.2. The van der Waals surface area contributed by atoms with Crippen LogP contribution in [0.2, 0.25) is 0 Å². The average Bonchev–Trinajstić information content (AvgIpc) is 2.78. The van der Waals surface area contributed by atoms with Gasteiger partial charge in [0.15, 0.2) is 0 Å². The Balaban J connectivity index is 1.59. The lowest BCUT2D eigenvalue weighted by molar-refractivity contribution is 0.153. The number of hydrogen-bond donors (Lipinski definition) is 1. The number of rotatable bonds is 4. The van der Waals surface area contributed by atoms with Crippen molar-refractivity contribution < 1.29 is 0 Å². The molecular formula is C18H27N3. The summed E-state index contributed by atoms with van der Waals surface area (Å²) in [5.41, 5.74) is 5.48. The van der Waals surface area contributed by atoms with Crippen LogP contribution in [0, 0.1) is 13.8 Å². The molecule has 1 aromatic heterocycles. The monoisotopic (exact) mass is 285 g/mol. The lowest BCUT2D eigenvalue weighted by Crippen LogP contribution is -2.44. The summed E-state index contributed by atoms with van der Waals surface area (Å²) in [7, 11) is 2.22. The SMILES string of the molecule is Cc1ccc2[nH]c(CCCN3CCN(C)CC3)c(C)c2c1. The molecule has 0 radical (unpaired) electrons. The van der Waals surface area contributed by atoms with E-state index >= 15 is 0 Å². The summed E-state index contributed by atoms with van der Waals surface area (Å²) in [6.07, 6.45) is 2.41. The molecule has 3 heteroatoms. The molecule has 1 aromatic carbocycles. The number of likely N-dealkylation sites (N-methyl/N-ethyl adjacent to an activating group) is 1. The average molecular weight is 285 g/mol. The molecule has 0 atom stereocenters. The molecule has 0 saturated carbocycles. The van der Waals surface area contributed by atoms with E-state index in [9.17, 15) is 0 Å². The van der Waals surface area contributed by atoms with Gasteiger partial charge in [0, 0.05) is 42.8 Å². The summed E-state index contributed by atoms with van der Waals surface area (Å²) in [4.78, 5) is 8.63. The molecule has 1 N–H and O–H groups in total. The minimum absolute atomic E-state index is 1.16. The Morgan fingerprint density at radius 1 is 1.10 bits per heavy atom. The van der Waals surface area contributed by atoms with Gasteiger partial charge in [0.25, 0.3) is 0 Å². The van der Waals surface area contributed by atoms with Crippen molar-refractivity contribution in [2.75, 3.05) is 39.8 Å². The topological polar surface area (TPSA) is 22.3 Å². The quantitative estimate of drug-likeness (QED) is 0.933. The van der Waals surface area contributed by atoms with E-state index in [0.717, 1.165) is 6.42 Å². The van der Waals surface area contributed by atoms with Crippen molar-refractivity contribution in [2.45, 2.75) is 26.7 Å². The number of benzene rings is 1. The van der Waals surface area contributed by atoms with Crippen molar-refractivity contribution in [3.05, 3.63) is 35.0 Å². The molecule has 0 amide bonds. The second-order valence-corrected chi connectivity index (χ2v) is 6.53. The van der Waals surface area contributed by atoms with Gasteiger partial charge in [-0.3, -0.25) is 0 Å². The molecule has 0 bridgehead atoms. The third-order valence-electron chi connectivity index (χ3n) is 4.81. The number of nitrogens with one attached hydrogen (secondary N) is 1. The standard InChI is InChI=1S/C18H27N3/c1-14-6-7-18-16(13-14)15(2)17(19-18)5-4-8-21-11-9-20(3)10-12-21/h6-7,13,19H,4-5,8-12H2,1-3H3. The minimum atomic E-state index is 1.16. The maximum absolute atomic E-state index is 3.61. The van der Waals surface area contributed by atoms with Crippen molar-refractivity contribution >= 4 is 10.9 Å². The van der Waals surface area contributed by atoms with Crippen LogP contribution < -0.4 is 0 Å². The molecule has 2 heterocycles. The van der Waals surface area contributed by atoms with Crippen molar-refractivity contribution in [2.24, 2.45) is 0 Å². The number of H-pyrrole nitrogens is 1. The molecule has 114 valence electrons. The Morgan fingerprint density at radius 2 is 1.86 bits per heavy atom. The van der Waals surface area contributed by atoms with Gasteiger partial charge in [-0.25, -0.2) is 0 Å². The van der Waals surface area contributed by atoms with Gasteiger partial charge in [0.1, 0.15) is 0 Å². The Bertz CT molecular complexity index is 606. The number of aromatic amines is 1. The van der Waals surface area contributed by atoms with Gasteiger partial charge in [0.05, 0.1) is 0 Å². The number of fused-ring (bicyclic) bond motifs is 1. The van der Waals surface area contributed by atoms with E-state index in [4.69, 9.17) is 0 Å². The van der Waals surface area contributed by atoms with Gasteiger partial charge in [0.2, 0.25) is 0 Å². The Kier molecular flexibility index (Phi) is 4.32. The number of nitrogens with zero attached hydrogens (tertiary/aromatic N) is 2. The number of piperazine rings is 1. The molecule has 3 rings (SSSR count). The zero-order chi connectivity index (χ0) is 14.8. The van der Waals surface area contributed by atoms with Crippen LogP contribution >= 0.6 is 0 Å². The van der Waals surface area contributed by atoms with E-state index in [1.54, 1.807) is 0 Å². The van der Waals surface area contributed by atoms with Crippen molar-refractivity contribution in [1.82, 2.24) is 14.8 Å². The van der Waals surface area contributed by atoms with Gasteiger partial charge in [-0.15, -0.1) is 0 Å². The largest absolute Gasteiger partial charge is 0.358 e. The van der Waals surface area contributed by atoms with Gasteiger partial charge < -0.3 is 14.8 Å². The Morgan fingerprint density at radius 3 is 2.62 bits per heavy atom. The van der Waals surface area contributed by atoms with Crippen molar-refractivity contribution in [3.8, 4) is 0 Å². The Labute approximate surface area is 127 Å². The van der Waals surface area contributed by atoms with Gasteiger partial charge >= 0.3 is 0 Å². The molecule has 0 unspecified atom stereocenters. The highest BCUT2D eigenvalue weighted by Gasteiger charge is 2.13. The molecule has 0 aliphatic carbocycles. The molecule has 1 saturated heterocycles. The summed E-state index contributed by atoms with van der Waals surface area (Å²) in [6, 6.07) is 6.69. The van der Waals surface area contributed by atoms with Crippen LogP contribution in [0.1, 0.15) is 23.2 Å². The van der Waals surface area contributed by atoms with E-state index in [-0.39, 0.29) is 0 Å². The Hall–Kier alpha value is -1.32. The first-order valence-electron chi connectivity index (χ1n) is 8.12. The van der Waals surface area contributed by atoms with Crippen LogP contribution in [0.5, 0.6) is 0 Å². The van der Waals surface area contributed by atoms with Crippen LogP contribution in [0.4, 0.5) is 0 Å². The molecule has 2 aromatic rings. The minimum Gasteiger partial charge on any atom is -0.358 e. The molecule has 21 heavy (non-hydrogen) atoms. The summed E-state index contributed by atoms with van der Waals surface area (Å²) in [5, 5.41) is 1.39. The van der Waals surface area contributed by atoms with Crippen LogP contribution in [-0.4, -0.2) is 54.6 Å². The number of hydrogen-bond acceptors (Lipinski definition) is 2.